The fourth-order valence-electron chi connectivity index (χ4n) is 3.18. The molecule has 10 heteroatoms. The van der Waals surface area contributed by atoms with Crippen molar-refractivity contribution in [1.82, 2.24) is 36.8 Å². The van der Waals surface area contributed by atoms with Crippen LogP contribution in [0.4, 0.5) is 5.82 Å². The largest absolute Gasteiger partial charge is 0.489 e. The molecular formula is C18H24N8O2. The van der Waals surface area contributed by atoms with E-state index in [1.165, 1.54) is 0 Å². The van der Waals surface area contributed by atoms with Gasteiger partial charge in [0.25, 0.3) is 5.91 Å². The van der Waals surface area contributed by atoms with E-state index in [9.17, 15) is 4.79 Å². The molecule has 0 radical (unpaired) electrons. The lowest BCUT2D eigenvalue weighted by molar-refractivity contribution is 0.0594. The number of nitrogens with zero attached hydrogens (tertiary/aromatic N) is 3. The zero-order valence-corrected chi connectivity index (χ0v) is 15.4. The summed E-state index contributed by atoms with van der Waals surface area (Å²) in [5.41, 5.74) is 12.1. The van der Waals surface area contributed by atoms with Crippen LogP contribution in [-0.4, -0.2) is 52.7 Å². The molecule has 2 aromatic heterocycles. The van der Waals surface area contributed by atoms with E-state index in [0.29, 0.717) is 25.2 Å². The zero-order valence-electron chi connectivity index (χ0n) is 15.4. The summed E-state index contributed by atoms with van der Waals surface area (Å²) in [5.74, 6) is 1.50. The molecule has 2 aromatic rings. The molecule has 0 aliphatic carbocycles. The lowest BCUT2D eigenvalue weighted by Crippen LogP contribution is -2.41. The summed E-state index contributed by atoms with van der Waals surface area (Å²) in [6.45, 7) is 1.97. The van der Waals surface area contributed by atoms with Crippen LogP contribution in [0, 0.1) is 0 Å². The van der Waals surface area contributed by atoms with E-state index in [4.69, 9.17) is 4.74 Å². The Labute approximate surface area is 163 Å². The van der Waals surface area contributed by atoms with Crippen molar-refractivity contribution in [3.63, 3.8) is 0 Å². The van der Waals surface area contributed by atoms with E-state index in [2.05, 4.69) is 37.2 Å². The van der Waals surface area contributed by atoms with Gasteiger partial charge >= 0.3 is 0 Å². The Morgan fingerprint density at radius 2 is 2.00 bits per heavy atom. The second-order valence-electron chi connectivity index (χ2n) is 6.70. The summed E-state index contributed by atoms with van der Waals surface area (Å²) in [5, 5.41) is 3.20. The van der Waals surface area contributed by atoms with Crippen molar-refractivity contribution in [3.05, 3.63) is 48.4 Å². The number of ether oxygens (including phenoxy) is 1. The first-order valence-electron chi connectivity index (χ1n) is 9.35. The number of aromatic nitrogens is 2. The minimum absolute atomic E-state index is 0.00593. The first kappa shape index (κ1) is 18.6. The van der Waals surface area contributed by atoms with E-state index in [-0.39, 0.29) is 18.2 Å². The molecule has 5 N–H and O–H groups in total. The lowest BCUT2D eigenvalue weighted by Gasteiger charge is -2.32. The van der Waals surface area contributed by atoms with Gasteiger partial charge in [-0.15, -0.1) is 0 Å². The van der Waals surface area contributed by atoms with Gasteiger partial charge in [0.2, 0.25) is 0 Å². The van der Waals surface area contributed by atoms with Crippen LogP contribution in [0.15, 0.2) is 42.9 Å². The Hall–Kier alpha value is -2.79. The molecule has 1 amide bonds. The summed E-state index contributed by atoms with van der Waals surface area (Å²) in [6, 6.07) is 7.38. The lowest BCUT2D eigenvalue weighted by atomic mass is 10.1. The van der Waals surface area contributed by atoms with Crippen LogP contribution in [0.3, 0.4) is 0 Å². The smallest absolute Gasteiger partial charge is 0.255 e. The first-order chi connectivity index (χ1) is 13.8. The average Bonchev–Trinajstić information content (AvgIpc) is 3.27. The molecule has 4 heterocycles. The van der Waals surface area contributed by atoms with E-state index < -0.39 is 0 Å². The van der Waals surface area contributed by atoms with Gasteiger partial charge in [0.05, 0.1) is 11.8 Å². The number of nitrogens with one attached hydrogen (secondary N) is 5. The van der Waals surface area contributed by atoms with Crippen LogP contribution < -0.4 is 32.0 Å². The van der Waals surface area contributed by atoms with Crippen molar-refractivity contribution < 1.29 is 9.53 Å². The van der Waals surface area contributed by atoms with Gasteiger partial charge in [0, 0.05) is 44.9 Å². The Kier molecular flexibility index (Phi) is 5.92. The maximum atomic E-state index is 12.7. The van der Waals surface area contributed by atoms with Gasteiger partial charge in [-0.1, -0.05) is 0 Å². The highest BCUT2D eigenvalue weighted by Gasteiger charge is 2.25. The van der Waals surface area contributed by atoms with Crippen LogP contribution in [0.5, 0.6) is 5.75 Å². The molecule has 0 spiro atoms. The molecule has 10 nitrogen and oxygen atoms in total. The summed E-state index contributed by atoms with van der Waals surface area (Å²) >= 11 is 0. The number of anilines is 1. The Bertz CT molecular complexity index is 759. The van der Waals surface area contributed by atoms with Crippen LogP contribution in [0.2, 0.25) is 0 Å². The molecule has 0 aromatic carbocycles. The fourth-order valence-corrected chi connectivity index (χ4v) is 3.18. The van der Waals surface area contributed by atoms with Crippen LogP contribution >= 0.6 is 0 Å². The molecule has 4 rings (SSSR count). The molecule has 0 bridgehead atoms. The van der Waals surface area contributed by atoms with Gasteiger partial charge in [-0.2, -0.15) is 11.1 Å². The van der Waals surface area contributed by atoms with Gasteiger partial charge in [-0.05, 0) is 24.3 Å². The summed E-state index contributed by atoms with van der Waals surface area (Å²) in [6.07, 6.45) is 6.81. The quantitative estimate of drug-likeness (QED) is 0.470. The standard InChI is InChI=1S/C18H24N8O2/c27-18(13-3-4-16(20-10-13)21-12-17-22-24-25-23-17)26-8-5-14(6-9-26)28-15-2-1-7-19-11-15/h1-4,7,10-11,14,17,22-25H,5-6,8-9,12H2,(H,20,21). The second-order valence-corrected chi connectivity index (χ2v) is 6.70. The van der Waals surface area contributed by atoms with Gasteiger partial charge in [0.1, 0.15) is 23.8 Å². The molecular weight excluding hydrogens is 360 g/mol. The normalized spacial score (nSPS) is 18.2. The number of piperidine rings is 1. The number of likely N-dealkylation sites (tertiary alicyclic amines) is 1. The number of amides is 1. The third-order valence-corrected chi connectivity index (χ3v) is 4.72. The van der Waals surface area contributed by atoms with E-state index >= 15 is 0 Å². The molecule has 28 heavy (non-hydrogen) atoms. The van der Waals surface area contributed by atoms with Crippen molar-refractivity contribution in [2.24, 2.45) is 0 Å². The topological polar surface area (TPSA) is 115 Å². The Balaban J connectivity index is 1.25. The molecule has 2 aliphatic rings. The van der Waals surface area contributed by atoms with Crippen LogP contribution in [0.1, 0.15) is 23.2 Å². The van der Waals surface area contributed by atoms with E-state index in [1.54, 1.807) is 18.6 Å². The monoisotopic (exact) mass is 384 g/mol. The molecule has 2 fully saturated rings. The maximum absolute atomic E-state index is 12.7. The number of carbonyl (C=O) groups excluding carboxylic acids is 1. The molecule has 0 saturated carbocycles. The van der Waals surface area contributed by atoms with E-state index in [0.717, 1.165) is 24.4 Å². The van der Waals surface area contributed by atoms with Crippen molar-refractivity contribution in [2.75, 3.05) is 25.0 Å². The molecule has 0 unspecified atom stereocenters. The first-order valence-corrected chi connectivity index (χ1v) is 9.35. The predicted octanol–water partition coefficient (Wildman–Crippen LogP) is 0.0152. The SMILES string of the molecule is O=C(c1ccc(NCC2NNNN2)nc1)N1CCC(Oc2cccnc2)CC1. The van der Waals surface area contributed by atoms with Gasteiger partial charge in [0.15, 0.2) is 0 Å². The van der Waals surface area contributed by atoms with Crippen molar-refractivity contribution >= 4 is 11.7 Å². The highest BCUT2D eigenvalue weighted by Crippen LogP contribution is 2.19. The fraction of sp³-hybridized carbons (Fsp3) is 0.389. The predicted molar refractivity (Wildman–Crippen MR) is 103 cm³/mol. The molecule has 0 atom stereocenters. The van der Waals surface area contributed by atoms with Crippen LogP contribution in [-0.2, 0) is 0 Å². The maximum Gasteiger partial charge on any atom is 0.255 e. The van der Waals surface area contributed by atoms with Crippen molar-refractivity contribution in [2.45, 2.75) is 25.1 Å². The highest BCUT2D eigenvalue weighted by atomic mass is 16.5. The molecule has 148 valence electrons. The number of rotatable bonds is 6. The van der Waals surface area contributed by atoms with E-state index in [1.807, 2.05) is 29.2 Å². The Morgan fingerprint density at radius 1 is 1.18 bits per heavy atom. The third kappa shape index (κ3) is 4.73. The zero-order chi connectivity index (χ0) is 19.2. The number of hydrogen-bond acceptors (Lipinski definition) is 9. The minimum atomic E-state index is 0.00593. The van der Waals surface area contributed by atoms with Crippen LogP contribution in [0.25, 0.3) is 0 Å². The number of hydrogen-bond donors (Lipinski definition) is 5. The average molecular weight is 384 g/mol. The Morgan fingerprint density at radius 3 is 2.68 bits per heavy atom. The molecule has 2 aliphatic heterocycles. The number of pyridine rings is 2. The second kappa shape index (κ2) is 8.93. The van der Waals surface area contributed by atoms with Gasteiger partial charge in [-0.25, -0.2) is 15.8 Å². The summed E-state index contributed by atoms with van der Waals surface area (Å²) in [4.78, 5) is 23.0. The summed E-state index contributed by atoms with van der Waals surface area (Å²) in [7, 11) is 0. The van der Waals surface area contributed by atoms with Crippen molar-refractivity contribution in [1.29, 1.82) is 0 Å². The molecule has 2 saturated heterocycles. The minimum Gasteiger partial charge on any atom is -0.489 e. The van der Waals surface area contributed by atoms with Gasteiger partial charge in [-0.3, -0.25) is 9.78 Å². The highest BCUT2D eigenvalue weighted by molar-refractivity contribution is 5.94. The summed E-state index contributed by atoms with van der Waals surface area (Å²) < 4.78 is 5.93. The number of carbonyl (C=O) groups is 1. The number of hydrazine groups is 3. The van der Waals surface area contributed by atoms with Crippen molar-refractivity contribution in [3.8, 4) is 5.75 Å². The van der Waals surface area contributed by atoms with Gasteiger partial charge < -0.3 is 15.0 Å². The third-order valence-electron chi connectivity index (χ3n) is 4.72.